The Kier molecular flexibility index (Phi) is 6.37. The molecule has 0 fully saturated rings. The molecule has 4 aromatic heterocycles. The molecule has 9 heteroatoms. The van der Waals surface area contributed by atoms with Gasteiger partial charge in [-0.05, 0) is 36.0 Å². The molecular weight excluding hydrogens is 573 g/mol. The molecule has 4 heterocycles. The van der Waals surface area contributed by atoms with E-state index < -0.39 is 17.9 Å². The Morgan fingerprint density at radius 1 is 0.767 bits per heavy atom. The zero-order chi connectivity index (χ0) is 20.4. The van der Waals surface area contributed by atoms with Gasteiger partial charge in [-0.25, -0.2) is 23.5 Å². The number of carboxylic acid groups (broad SMARTS) is 1. The first-order chi connectivity index (χ1) is 14.0. The van der Waals surface area contributed by atoms with Crippen LogP contribution in [0.1, 0.15) is 10.5 Å². The predicted molar refractivity (Wildman–Crippen MR) is 99.6 cm³/mol. The first-order valence-electron chi connectivity index (χ1n) is 8.40. The SMILES string of the molecule is O=C(O)c1cccc(-c2cccc(-c3cccc(-c4[c-]cc(F)nc4F)n3)n2)n1.[Pt]. The molecule has 0 amide bonds. The second kappa shape index (κ2) is 8.96. The number of halogens is 2. The Bertz CT molecular complexity index is 1240. The number of aromatic carboxylic acids is 1. The minimum absolute atomic E-state index is 0. The van der Waals surface area contributed by atoms with E-state index in [2.05, 4.69) is 26.0 Å². The van der Waals surface area contributed by atoms with E-state index in [9.17, 15) is 13.6 Å². The summed E-state index contributed by atoms with van der Waals surface area (Å²) < 4.78 is 27.0. The molecule has 0 unspecified atom stereocenters. The first-order valence-corrected chi connectivity index (χ1v) is 8.40. The Morgan fingerprint density at radius 3 is 1.83 bits per heavy atom. The summed E-state index contributed by atoms with van der Waals surface area (Å²) in [6, 6.07) is 18.1. The molecule has 0 saturated heterocycles. The predicted octanol–water partition coefficient (Wildman–Crippen LogP) is 4.04. The number of pyridine rings is 4. The van der Waals surface area contributed by atoms with Gasteiger partial charge in [0, 0.05) is 21.1 Å². The molecule has 152 valence electrons. The summed E-state index contributed by atoms with van der Waals surface area (Å²) >= 11 is 0. The molecular formula is C21H11F2N4O2Pt-. The van der Waals surface area contributed by atoms with Crippen molar-refractivity contribution in [3.8, 4) is 34.0 Å². The minimum Gasteiger partial charge on any atom is -0.477 e. The molecule has 0 radical (unpaired) electrons. The fourth-order valence-corrected chi connectivity index (χ4v) is 2.69. The molecule has 0 spiro atoms. The van der Waals surface area contributed by atoms with Crippen LogP contribution in [-0.2, 0) is 21.1 Å². The molecule has 6 nitrogen and oxygen atoms in total. The van der Waals surface area contributed by atoms with Crippen molar-refractivity contribution in [1.82, 2.24) is 19.9 Å². The van der Waals surface area contributed by atoms with Crippen molar-refractivity contribution >= 4 is 5.97 Å². The van der Waals surface area contributed by atoms with Gasteiger partial charge in [0.2, 0.25) is 0 Å². The Morgan fingerprint density at radius 2 is 1.27 bits per heavy atom. The Hall–Kier alpha value is -3.38. The third-order valence-electron chi connectivity index (χ3n) is 3.99. The van der Waals surface area contributed by atoms with Crippen LogP contribution in [0.2, 0.25) is 0 Å². The van der Waals surface area contributed by atoms with Gasteiger partial charge >= 0.3 is 5.97 Å². The van der Waals surface area contributed by atoms with Crippen LogP contribution in [0.15, 0.2) is 60.7 Å². The summed E-state index contributed by atoms with van der Waals surface area (Å²) in [5, 5.41) is 9.11. The van der Waals surface area contributed by atoms with Crippen LogP contribution < -0.4 is 0 Å². The maximum absolute atomic E-state index is 14.0. The maximum atomic E-state index is 14.0. The van der Waals surface area contributed by atoms with E-state index in [0.29, 0.717) is 22.8 Å². The topological polar surface area (TPSA) is 88.9 Å². The van der Waals surface area contributed by atoms with Gasteiger partial charge in [0.05, 0.1) is 22.8 Å². The number of aromatic nitrogens is 4. The van der Waals surface area contributed by atoms with E-state index in [0.717, 1.165) is 6.07 Å². The third kappa shape index (κ3) is 4.44. The van der Waals surface area contributed by atoms with Crippen molar-refractivity contribution in [2.75, 3.05) is 0 Å². The normalized spacial score (nSPS) is 10.3. The van der Waals surface area contributed by atoms with Crippen molar-refractivity contribution in [2.24, 2.45) is 0 Å². The average molecular weight is 584 g/mol. The van der Waals surface area contributed by atoms with Crippen molar-refractivity contribution < 1.29 is 39.7 Å². The van der Waals surface area contributed by atoms with E-state index in [4.69, 9.17) is 5.11 Å². The van der Waals surface area contributed by atoms with Gasteiger partial charge in [-0.2, -0.15) is 0 Å². The van der Waals surface area contributed by atoms with E-state index in [1.54, 1.807) is 48.5 Å². The van der Waals surface area contributed by atoms with Gasteiger partial charge in [0.1, 0.15) is 17.6 Å². The van der Waals surface area contributed by atoms with Crippen molar-refractivity contribution in [3.63, 3.8) is 0 Å². The fourth-order valence-electron chi connectivity index (χ4n) is 2.69. The molecule has 4 aromatic rings. The van der Waals surface area contributed by atoms with Crippen molar-refractivity contribution in [3.05, 3.63) is 84.3 Å². The molecule has 0 saturated carbocycles. The van der Waals surface area contributed by atoms with E-state index in [1.165, 1.54) is 6.07 Å². The standard InChI is InChI=1S/C21H11F2N4O2.Pt/c22-19-11-10-12(20(23)27-19)13-4-1-5-14(24-13)15-6-2-7-16(25-15)17-8-3-9-18(26-17)21(28)29;/h1-9,11H,(H,28,29);/q-1;. The second-order valence-electron chi connectivity index (χ2n) is 5.92. The number of carbonyl (C=O) groups is 1. The van der Waals surface area contributed by atoms with Crippen LogP contribution in [0.4, 0.5) is 8.78 Å². The summed E-state index contributed by atoms with van der Waals surface area (Å²) in [6.45, 7) is 0. The summed E-state index contributed by atoms with van der Waals surface area (Å²) in [5.41, 5.74) is 1.85. The number of rotatable bonds is 4. The Balaban J connectivity index is 0.00000256. The van der Waals surface area contributed by atoms with Crippen LogP contribution in [0.25, 0.3) is 34.0 Å². The first kappa shape index (κ1) is 21.3. The van der Waals surface area contributed by atoms with Gasteiger partial charge in [-0.1, -0.05) is 35.9 Å². The summed E-state index contributed by atoms with van der Waals surface area (Å²) in [5.74, 6) is -3.11. The molecule has 30 heavy (non-hydrogen) atoms. The maximum Gasteiger partial charge on any atom is 0.354 e. The summed E-state index contributed by atoms with van der Waals surface area (Å²) in [6.07, 6.45) is 0. The van der Waals surface area contributed by atoms with Gasteiger partial charge in [-0.3, -0.25) is 9.97 Å². The molecule has 0 aliphatic carbocycles. The molecule has 0 aliphatic heterocycles. The molecule has 0 aromatic carbocycles. The second-order valence-corrected chi connectivity index (χ2v) is 5.92. The van der Waals surface area contributed by atoms with E-state index >= 15 is 0 Å². The van der Waals surface area contributed by atoms with Crippen LogP contribution in [0, 0.1) is 18.0 Å². The average Bonchev–Trinajstić information content (AvgIpc) is 2.74. The quantitative estimate of drug-likeness (QED) is 0.288. The largest absolute Gasteiger partial charge is 0.477 e. The smallest absolute Gasteiger partial charge is 0.354 e. The van der Waals surface area contributed by atoms with E-state index in [-0.39, 0.29) is 38.0 Å². The van der Waals surface area contributed by atoms with Crippen LogP contribution in [-0.4, -0.2) is 31.0 Å². The van der Waals surface area contributed by atoms with Gasteiger partial charge in [0.25, 0.3) is 0 Å². The van der Waals surface area contributed by atoms with Gasteiger partial charge in [0.15, 0.2) is 0 Å². The monoisotopic (exact) mass is 584 g/mol. The molecule has 1 N–H and O–H groups in total. The van der Waals surface area contributed by atoms with Crippen LogP contribution >= 0.6 is 0 Å². The Labute approximate surface area is 184 Å². The summed E-state index contributed by atoms with van der Waals surface area (Å²) in [7, 11) is 0. The number of carboxylic acids is 1. The van der Waals surface area contributed by atoms with Crippen LogP contribution in [0.5, 0.6) is 0 Å². The third-order valence-corrected chi connectivity index (χ3v) is 3.99. The zero-order valence-electron chi connectivity index (χ0n) is 15.0. The van der Waals surface area contributed by atoms with Crippen molar-refractivity contribution in [1.29, 1.82) is 0 Å². The van der Waals surface area contributed by atoms with E-state index in [1.807, 2.05) is 0 Å². The number of nitrogens with zero attached hydrogens (tertiary/aromatic N) is 4. The summed E-state index contributed by atoms with van der Waals surface area (Å²) in [4.78, 5) is 27.2. The minimum atomic E-state index is -1.14. The zero-order valence-corrected chi connectivity index (χ0v) is 17.3. The van der Waals surface area contributed by atoms with Crippen molar-refractivity contribution in [2.45, 2.75) is 0 Å². The molecule has 0 atom stereocenters. The molecule has 4 rings (SSSR count). The fraction of sp³-hybridized carbons (Fsp3) is 0. The molecule has 0 aliphatic rings. The van der Waals surface area contributed by atoms with Crippen LogP contribution in [0.3, 0.4) is 0 Å². The number of hydrogen-bond acceptors (Lipinski definition) is 5. The van der Waals surface area contributed by atoms with Gasteiger partial charge in [-0.15, -0.1) is 6.07 Å². The van der Waals surface area contributed by atoms with Gasteiger partial charge < -0.3 is 5.11 Å². The molecule has 0 bridgehead atoms. The number of hydrogen-bond donors (Lipinski definition) is 1.